The Labute approximate surface area is 200 Å². The van der Waals surface area contributed by atoms with Crippen molar-refractivity contribution in [1.29, 1.82) is 0 Å². The van der Waals surface area contributed by atoms with Crippen LogP contribution in [0.25, 0.3) is 11.4 Å². The summed E-state index contributed by atoms with van der Waals surface area (Å²) in [4.78, 5) is 25.1. The Morgan fingerprint density at radius 3 is 2.53 bits per heavy atom. The van der Waals surface area contributed by atoms with Crippen molar-refractivity contribution in [3.8, 4) is 28.6 Å². The molecule has 2 heterocycles. The molecule has 4 rings (SSSR count). The summed E-state index contributed by atoms with van der Waals surface area (Å²) in [5, 5.41) is 4.30. The fourth-order valence-electron chi connectivity index (χ4n) is 3.20. The van der Waals surface area contributed by atoms with Crippen molar-refractivity contribution in [2.45, 2.75) is 6.92 Å². The molecule has 11 heteroatoms. The van der Waals surface area contributed by atoms with Crippen LogP contribution < -0.4 is 14.2 Å². The molecule has 0 saturated carbocycles. The smallest absolute Gasteiger partial charge is 0.434 e. The van der Waals surface area contributed by atoms with E-state index < -0.39 is 6.09 Å². The Bertz CT molecular complexity index is 1240. The third kappa shape index (κ3) is 5.04. The van der Waals surface area contributed by atoms with E-state index in [-0.39, 0.29) is 0 Å². The number of fused-ring (bicyclic) bond motifs is 1. The lowest BCUT2D eigenvalue weighted by molar-refractivity contribution is 0.165. The molecule has 10 nitrogen and oxygen atoms in total. The normalized spacial score (nSPS) is 13.5. The Balaban J connectivity index is 1.81. The van der Waals surface area contributed by atoms with Gasteiger partial charge in [-0.3, -0.25) is 0 Å². The van der Waals surface area contributed by atoms with Crippen LogP contribution in [0.15, 0.2) is 50.9 Å². The highest BCUT2D eigenvalue weighted by molar-refractivity contribution is 8.15. The van der Waals surface area contributed by atoms with Crippen LogP contribution in [0.5, 0.6) is 17.2 Å². The lowest BCUT2D eigenvalue weighted by Gasteiger charge is -2.22. The summed E-state index contributed by atoms with van der Waals surface area (Å²) in [6.07, 6.45) is 1.07. The molecule has 0 spiro atoms. The zero-order chi connectivity index (χ0) is 24.1. The van der Waals surface area contributed by atoms with Gasteiger partial charge < -0.3 is 23.5 Å². The number of aliphatic imine (C=N–C) groups is 2. The van der Waals surface area contributed by atoms with Crippen molar-refractivity contribution in [1.82, 2.24) is 10.1 Å². The van der Waals surface area contributed by atoms with Gasteiger partial charge in [0.05, 0.1) is 19.9 Å². The standard InChI is InChI=1S/C23H22N4O6S/c1-13-24-21(27-33-13)14-5-7-16(8-6-14)25-19(22(34-4)26-23(28)30-3)15-11-17(29-2)20-18(12-15)31-9-10-32-20/h5-8,11-12H,9-10H2,1-4H3/b25-19?,26-22-. The Morgan fingerprint density at radius 2 is 1.88 bits per heavy atom. The molecule has 34 heavy (non-hydrogen) atoms. The van der Waals surface area contributed by atoms with Gasteiger partial charge >= 0.3 is 6.09 Å². The van der Waals surface area contributed by atoms with E-state index in [0.717, 1.165) is 5.56 Å². The highest BCUT2D eigenvalue weighted by Crippen LogP contribution is 2.41. The van der Waals surface area contributed by atoms with Gasteiger partial charge in [-0.2, -0.15) is 9.98 Å². The number of hydrogen-bond acceptors (Lipinski definition) is 10. The number of rotatable bonds is 5. The molecule has 0 unspecified atom stereocenters. The van der Waals surface area contributed by atoms with Gasteiger partial charge in [0.25, 0.3) is 0 Å². The van der Waals surface area contributed by atoms with Gasteiger partial charge in [-0.15, -0.1) is 11.8 Å². The molecular formula is C23H22N4O6S. The molecule has 0 radical (unpaired) electrons. The third-order valence-electron chi connectivity index (χ3n) is 4.76. The largest absolute Gasteiger partial charge is 0.493 e. The van der Waals surface area contributed by atoms with Crippen molar-refractivity contribution in [2.75, 3.05) is 33.7 Å². The summed E-state index contributed by atoms with van der Waals surface area (Å²) in [6, 6.07) is 10.8. The van der Waals surface area contributed by atoms with E-state index in [4.69, 9.17) is 28.5 Å². The average Bonchev–Trinajstić information content (AvgIpc) is 3.31. The van der Waals surface area contributed by atoms with E-state index in [1.165, 1.54) is 18.9 Å². The van der Waals surface area contributed by atoms with Gasteiger partial charge in [-0.1, -0.05) is 5.16 Å². The van der Waals surface area contributed by atoms with Gasteiger partial charge in [0.1, 0.15) is 24.0 Å². The van der Waals surface area contributed by atoms with E-state index >= 15 is 0 Å². The van der Waals surface area contributed by atoms with Crippen LogP contribution in [0.4, 0.5) is 10.5 Å². The first-order chi connectivity index (χ1) is 16.5. The molecule has 0 atom stereocenters. The zero-order valence-electron chi connectivity index (χ0n) is 19.0. The van der Waals surface area contributed by atoms with E-state index in [2.05, 4.69) is 15.1 Å². The molecule has 0 aliphatic carbocycles. The first-order valence-corrected chi connectivity index (χ1v) is 11.4. The molecule has 1 amide bonds. The number of carbonyl (C=O) groups is 1. The minimum Gasteiger partial charge on any atom is -0.493 e. The lowest BCUT2D eigenvalue weighted by Crippen LogP contribution is -2.18. The summed E-state index contributed by atoms with van der Waals surface area (Å²) < 4.78 is 26.8. The third-order valence-corrected chi connectivity index (χ3v) is 5.43. The van der Waals surface area contributed by atoms with Crippen LogP contribution in [0.1, 0.15) is 11.5 Å². The molecule has 176 valence electrons. The van der Waals surface area contributed by atoms with Crippen LogP contribution in [0, 0.1) is 6.92 Å². The fourth-order valence-corrected chi connectivity index (χ4v) is 3.72. The minimum atomic E-state index is -0.732. The van der Waals surface area contributed by atoms with Crippen molar-refractivity contribution < 1.29 is 28.3 Å². The van der Waals surface area contributed by atoms with Crippen molar-refractivity contribution >= 4 is 34.3 Å². The summed E-state index contributed by atoms with van der Waals surface area (Å²) in [5.74, 6) is 2.50. The zero-order valence-corrected chi connectivity index (χ0v) is 19.8. The maximum Gasteiger partial charge on any atom is 0.434 e. The predicted octanol–water partition coefficient (Wildman–Crippen LogP) is 4.47. The SMILES string of the molecule is COC(=O)/N=C(\SC)C(=Nc1ccc(-c2noc(C)n2)cc1)c1cc(OC)c2c(c1)OCCO2. The van der Waals surface area contributed by atoms with Crippen LogP contribution in [-0.2, 0) is 4.74 Å². The van der Waals surface area contributed by atoms with Gasteiger partial charge in [-0.25, -0.2) is 9.79 Å². The van der Waals surface area contributed by atoms with Crippen LogP contribution in [0.2, 0.25) is 0 Å². The number of nitrogens with zero attached hydrogens (tertiary/aromatic N) is 4. The highest BCUT2D eigenvalue weighted by Gasteiger charge is 2.23. The van der Waals surface area contributed by atoms with Crippen LogP contribution >= 0.6 is 11.8 Å². The first kappa shape index (κ1) is 23.3. The van der Waals surface area contributed by atoms with Crippen molar-refractivity contribution in [3.63, 3.8) is 0 Å². The fraction of sp³-hybridized carbons (Fsp3) is 0.261. The molecule has 2 aromatic carbocycles. The second-order valence-corrected chi connectivity index (χ2v) is 7.73. The molecule has 3 aromatic rings. The maximum absolute atomic E-state index is 12.0. The number of ether oxygens (including phenoxy) is 4. The Kier molecular flexibility index (Phi) is 7.12. The van der Waals surface area contributed by atoms with Gasteiger partial charge in [0, 0.05) is 18.1 Å². The summed E-state index contributed by atoms with van der Waals surface area (Å²) in [6.45, 7) is 2.57. The van der Waals surface area contributed by atoms with Crippen molar-refractivity contribution in [3.05, 3.63) is 47.9 Å². The van der Waals surface area contributed by atoms with Crippen molar-refractivity contribution in [2.24, 2.45) is 9.98 Å². The number of benzene rings is 2. The van der Waals surface area contributed by atoms with Gasteiger partial charge in [-0.05, 0) is 42.7 Å². The minimum absolute atomic E-state index is 0.364. The summed E-state index contributed by atoms with van der Waals surface area (Å²) in [7, 11) is 2.82. The highest BCUT2D eigenvalue weighted by atomic mass is 32.2. The van der Waals surface area contributed by atoms with E-state index in [1.54, 1.807) is 32.4 Å². The second kappa shape index (κ2) is 10.4. The summed E-state index contributed by atoms with van der Waals surface area (Å²) >= 11 is 1.26. The maximum atomic E-state index is 12.0. The quantitative estimate of drug-likeness (QED) is 0.383. The molecule has 0 N–H and O–H groups in total. The number of thioether (sulfide) groups is 1. The number of aromatic nitrogens is 2. The van der Waals surface area contributed by atoms with E-state index in [9.17, 15) is 4.79 Å². The van der Waals surface area contributed by atoms with Gasteiger partial charge in [0.2, 0.25) is 17.5 Å². The molecule has 1 aromatic heterocycles. The molecule has 0 bridgehead atoms. The van der Waals surface area contributed by atoms with E-state index in [1.807, 2.05) is 24.3 Å². The first-order valence-electron chi connectivity index (χ1n) is 10.2. The predicted molar refractivity (Wildman–Crippen MR) is 128 cm³/mol. The molecular weight excluding hydrogens is 460 g/mol. The lowest BCUT2D eigenvalue weighted by atomic mass is 10.1. The summed E-state index contributed by atoms with van der Waals surface area (Å²) in [5.41, 5.74) is 2.48. The number of amides is 1. The van der Waals surface area contributed by atoms with E-state index in [0.29, 0.717) is 64.2 Å². The Hall–Kier alpha value is -3.86. The van der Waals surface area contributed by atoms with Crippen LogP contribution in [0.3, 0.4) is 0 Å². The number of hydrogen-bond donors (Lipinski definition) is 0. The topological polar surface area (TPSA) is 118 Å². The molecule has 1 aliphatic heterocycles. The second-order valence-electron chi connectivity index (χ2n) is 6.94. The number of methoxy groups -OCH3 is 2. The Morgan fingerprint density at radius 1 is 1.12 bits per heavy atom. The number of aryl methyl sites for hydroxylation is 1. The van der Waals surface area contributed by atoms with Crippen LogP contribution in [-0.4, -0.2) is 60.7 Å². The number of carbonyl (C=O) groups excluding carboxylic acids is 1. The van der Waals surface area contributed by atoms with Gasteiger partial charge in [0.15, 0.2) is 11.5 Å². The average molecular weight is 483 g/mol. The monoisotopic (exact) mass is 482 g/mol. The molecule has 1 aliphatic rings. The molecule has 0 fully saturated rings. The molecule has 0 saturated heterocycles.